The van der Waals surface area contributed by atoms with E-state index in [4.69, 9.17) is 4.52 Å². The Morgan fingerprint density at radius 3 is 2.83 bits per heavy atom. The minimum Gasteiger partial charge on any atom is -0.372 e. The average Bonchev–Trinajstić information content (AvgIpc) is 2.72. The number of aryl methyl sites for hydroxylation is 2. The maximum atomic E-state index is 10.9. The predicted octanol–water partition coefficient (Wildman–Crippen LogP) is 2.21. The van der Waals surface area contributed by atoms with E-state index in [-0.39, 0.29) is 12.2 Å². The second-order valence-electron chi connectivity index (χ2n) is 3.86. The second kappa shape index (κ2) is 4.82. The van der Waals surface area contributed by atoms with Gasteiger partial charge in [-0.05, 0) is 18.6 Å². The fraction of sp³-hybridized carbons (Fsp3) is 0.273. The Bertz CT molecular complexity index is 579. The van der Waals surface area contributed by atoms with Crippen LogP contribution < -0.4 is 5.32 Å². The number of nitro benzene ring substituents is 1. The number of nitro groups is 1. The molecule has 7 nitrogen and oxygen atoms in total. The van der Waals surface area contributed by atoms with Crippen molar-refractivity contribution in [2.75, 3.05) is 5.32 Å². The molecule has 18 heavy (non-hydrogen) atoms. The molecule has 0 unspecified atom stereocenters. The molecule has 94 valence electrons. The summed E-state index contributed by atoms with van der Waals surface area (Å²) in [5, 5.41) is 17.5. The molecule has 0 atom stereocenters. The molecular weight excluding hydrogens is 236 g/mol. The van der Waals surface area contributed by atoms with E-state index in [0.29, 0.717) is 17.4 Å². The molecule has 0 fully saturated rings. The van der Waals surface area contributed by atoms with Gasteiger partial charge in [-0.25, -0.2) is 0 Å². The van der Waals surface area contributed by atoms with Crippen LogP contribution in [0.25, 0.3) is 0 Å². The normalized spacial score (nSPS) is 10.3. The monoisotopic (exact) mass is 248 g/mol. The van der Waals surface area contributed by atoms with Gasteiger partial charge in [0.1, 0.15) is 5.69 Å². The largest absolute Gasteiger partial charge is 0.372 e. The van der Waals surface area contributed by atoms with Gasteiger partial charge in [0.15, 0.2) is 5.82 Å². The molecule has 1 aromatic heterocycles. The lowest BCUT2D eigenvalue weighted by Gasteiger charge is -2.05. The van der Waals surface area contributed by atoms with Crippen LogP contribution in [-0.2, 0) is 6.54 Å². The van der Waals surface area contributed by atoms with Crippen molar-refractivity contribution in [1.29, 1.82) is 0 Å². The first kappa shape index (κ1) is 12.0. The number of anilines is 1. The van der Waals surface area contributed by atoms with Crippen molar-refractivity contribution >= 4 is 11.4 Å². The first-order chi connectivity index (χ1) is 8.56. The first-order valence-electron chi connectivity index (χ1n) is 5.34. The minimum absolute atomic E-state index is 0.0285. The number of aromatic nitrogens is 2. The van der Waals surface area contributed by atoms with Gasteiger partial charge in [0, 0.05) is 13.0 Å². The van der Waals surface area contributed by atoms with Gasteiger partial charge in [-0.1, -0.05) is 11.2 Å². The quantitative estimate of drug-likeness (QED) is 0.658. The van der Waals surface area contributed by atoms with E-state index in [0.717, 1.165) is 5.56 Å². The van der Waals surface area contributed by atoms with Gasteiger partial charge in [-0.2, -0.15) is 4.98 Å². The van der Waals surface area contributed by atoms with Gasteiger partial charge in [-0.15, -0.1) is 0 Å². The molecule has 0 amide bonds. The Morgan fingerprint density at radius 1 is 1.44 bits per heavy atom. The van der Waals surface area contributed by atoms with Gasteiger partial charge in [0.2, 0.25) is 5.89 Å². The van der Waals surface area contributed by atoms with Crippen molar-refractivity contribution in [3.05, 3.63) is 45.6 Å². The third kappa shape index (κ3) is 2.62. The summed E-state index contributed by atoms with van der Waals surface area (Å²) >= 11 is 0. The molecule has 2 aromatic rings. The van der Waals surface area contributed by atoms with E-state index in [1.165, 1.54) is 6.07 Å². The fourth-order valence-corrected chi connectivity index (χ4v) is 1.54. The van der Waals surface area contributed by atoms with E-state index in [9.17, 15) is 10.1 Å². The van der Waals surface area contributed by atoms with Crippen LogP contribution in [0.2, 0.25) is 0 Å². The fourth-order valence-electron chi connectivity index (χ4n) is 1.54. The molecule has 0 bridgehead atoms. The molecule has 1 aromatic carbocycles. The van der Waals surface area contributed by atoms with E-state index in [1.54, 1.807) is 19.1 Å². The molecule has 0 saturated carbocycles. The Labute approximate surface area is 103 Å². The highest BCUT2D eigenvalue weighted by Gasteiger charge is 2.13. The summed E-state index contributed by atoms with van der Waals surface area (Å²) in [4.78, 5) is 14.4. The maximum absolute atomic E-state index is 10.9. The highest BCUT2D eigenvalue weighted by Crippen LogP contribution is 2.25. The maximum Gasteiger partial charge on any atom is 0.292 e. The lowest BCUT2D eigenvalue weighted by atomic mass is 10.2. The zero-order chi connectivity index (χ0) is 13.1. The van der Waals surface area contributed by atoms with Crippen molar-refractivity contribution in [1.82, 2.24) is 10.1 Å². The van der Waals surface area contributed by atoms with Crippen molar-refractivity contribution in [2.45, 2.75) is 20.4 Å². The molecule has 0 aliphatic carbocycles. The Morgan fingerprint density at radius 2 is 2.22 bits per heavy atom. The number of hydrogen-bond acceptors (Lipinski definition) is 6. The van der Waals surface area contributed by atoms with Crippen LogP contribution in [0.3, 0.4) is 0 Å². The number of nitrogens with one attached hydrogen (secondary N) is 1. The van der Waals surface area contributed by atoms with Crippen LogP contribution in [0.1, 0.15) is 17.3 Å². The summed E-state index contributed by atoms with van der Waals surface area (Å²) in [7, 11) is 0. The highest BCUT2D eigenvalue weighted by atomic mass is 16.6. The van der Waals surface area contributed by atoms with Crippen LogP contribution in [-0.4, -0.2) is 15.1 Å². The zero-order valence-electron chi connectivity index (χ0n) is 10.0. The predicted molar refractivity (Wildman–Crippen MR) is 64.2 cm³/mol. The lowest BCUT2D eigenvalue weighted by molar-refractivity contribution is -0.384. The van der Waals surface area contributed by atoms with Gasteiger partial charge >= 0.3 is 0 Å². The summed E-state index contributed by atoms with van der Waals surface area (Å²) in [6, 6.07) is 4.88. The summed E-state index contributed by atoms with van der Waals surface area (Å²) < 4.78 is 4.82. The number of benzene rings is 1. The van der Waals surface area contributed by atoms with Crippen molar-refractivity contribution in [2.24, 2.45) is 0 Å². The molecule has 0 aliphatic heterocycles. The Balaban J connectivity index is 2.17. The molecule has 1 N–H and O–H groups in total. The van der Waals surface area contributed by atoms with Crippen molar-refractivity contribution in [3.63, 3.8) is 0 Å². The van der Waals surface area contributed by atoms with Crippen molar-refractivity contribution < 1.29 is 9.45 Å². The van der Waals surface area contributed by atoms with Gasteiger partial charge in [0.05, 0.1) is 11.5 Å². The van der Waals surface area contributed by atoms with E-state index in [1.807, 2.05) is 6.92 Å². The third-order valence-corrected chi connectivity index (χ3v) is 2.36. The molecular formula is C11H12N4O3. The van der Waals surface area contributed by atoms with E-state index >= 15 is 0 Å². The number of rotatable bonds is 4. The molecule has 2 rings (SSSR count). The average molecular weight is 248 g/mol. The smallest absolute Gasteiger partial charge is 0.292 e. The Kier molecular flexibility index (Phi) is 3.22. The zero-order valence-corrected chi connectivity index (χ0v) is 10.0. The SMILES string of the molecule is Cc1ccc([N+](=O)[O-])c(NCc2noc(C)n2)c1. The molecule has 1 heterocycles. The van der Waals surface area contributed by atoms with E-state index in [2.05, 4.69) is 15.5 Å². The number of hydrogen-bond donors (Lipinski definition) is 1. The molecule has 0 aliphatic rings. The standard InChI is InChI=1S/C11H12N4O3/c1-7-3-4-10(15(16)17)9(5-7)12-6-11-13-8(2)18-14-11/h3-5,12H,6H2,1-2H3. The third-order valence-electron chi connectivity index (χ3n) is 2.36. The highest BCUT2D eigenvalue weighted by molar-refractivity contribution is 5.62. The summed E-state index contributed by atoms with van der Waals surface area (Å²) in [5.74, 6) is 0.925. The first-order valence-corrected chi connectivity index (χ1v) is 5.34. The minimum atomic E-state index is -0.427. The van der Waals surface area contributed by atoms with Gasteiger partial charge in [0.25, 0.3) is 5.69 Å². The van der Waals surface area contributed by atoms with Crippen molar-refractivity contribution in [3.8, 4) is 0 Å². The van der Waals surface area contributed by atoms with Crippen LogP contribution in [0, 0.1) is 24.0 Å². The molecule has 0 radical (unpaired) electrons. The topological polar surface area (TPSA) is 94.1 Å². The summed E-state index contributed by atoms with van der Waals surface area (Å²) in [6.45, 7) is 3.83. The second-order valence-corrected chi connectivity index (χ2v) is 3.86. The van der Waals surface area contributed by atoms with Crippen LogP contribution in [0.4, 0.5) is 11.4 Å². The van der Waals surface area contributed by atoms with Crippen LogP contribution in [0.5, 0.6) is 0 Å². The lowest BCUT2D eigenvalue weighted by Crippen LogP contribution is -2.04. The van der Waals surface area contributed by atoms with Crippen LogP contribution in [0.15, 0.2) is 22.7 Å². The van der Waals surface area contributed by atoms with Gasteiger partial charge in [-0.3, -0.25) is 10.1 Å². The molecule has 7 heteroatoms. The summed E-state index contributed by atoms with van der Waals surface area (Å²) in [6.07, 6.45) is 0. The summed E-state index contributed by atoms with van der Waals surface area (Å²) in [5.41, 5.74) is 1.41. The molecule has 0 spiro atoms. The number of nitrogens with zero attached hydrogens (tertiary/aromatic N) is 3. The molecule has 0 saturated heterocycles. The Hall–Kier alpha value is -2.44. The van der Waals surface area contributed by atoms with Crippen LogP contribution >= 0.6 is 0 Å². The van der Waals surface area contributed by atoms with Gasteiger partial charge < -0.3 is 9.84 Å². The van der Waals surface area contributed by atoms with E-state index < -0.39 is 4.92 Å².